The van der Waals surface area contributed by atoms with Gasteiger partial charge in [-0.2, -0.15) is 16.3 Å². The standard InChI is InChI=1S/C13H9ClN2OS2/c14-10-1-3-11(4-2-10)19-8-12-15-13(16-17-12)9-5-6-18-7-9/h1-7H,8H2. The molecule has 2 heterocycles. The number of thiophene rings is 1. The van der Waals surface area contributed by atoms with Gasteiger partial charge in [-0.25, -0.2) is 0 Å². The molecule has 6 heteroatoms. The van der Waals surface area contributed by atoms with Crippen molar-refractivity contribution in [3.8, 4) is 11.4 Å². The summed E-state index contributed by atoms with van der Waals surface area (Å²) in [4.78, 5) is 5.49. The Morgan fingerprint density at radius 3 is 2.79 bits per heavy atom. The third-order valence-corrected chi connectivity index (χ3v) is 4.36. The molecule has 0 atom stereocenters. The quantitative estimate of drug-likeness (QED) is 0.652. The molecule has 2 aromatic heterocycles. The number of thioether (sulfide) groups is 1. The number of halogens is 1. The van der Waals surface area contributed by atoms with Crippen LogP contribution in [0, 0.1) is 0 Å². The minimum Gasteiger partial charge on any atom is -0.338 e. The van der Waals surface area contributed by atoms with Crippen LogP contribution in [0.15, 0.2) is 50.5 Å². The van der Waals surface area contributed by atoms with Crippen molar-refractivity contribution in [2.45, 2.75) is 10.6 Å². The highest BCUT2D eigenvalue weighted by atomic mass is 35.5. The first-order valence-corrected chi connectivity index (χ1v) is 7.85. The van der Waals surface area contributed by atoms with E-state index in [1.165, 1.54) is 0 Å². The van der Waals surface area contributed by atoms with E-state index in [1.54, 1.807) is 23.1 Å². The van der Waals surface area contributed by atoms with Gasteiger partial charge >= 0.3 is 0 Å². The minimum absolute atomic E-state index is 0.626. The van der Waals surface area contributed by atoms with Gasteiger partial charge in [0, 0.05) is 20.9 Å². The van der Waals surface area contributed by atoms with Gasteiger partial charge in [0.25, 0.3) is 0 Å². The van der Waals surface area contributed by atoms with Crippen molar-refractivity contribution >= 4 is 34.7 Å². The van der Waals surface area contributed by atoms with Crippen LogP contribution in [0.5, 0.6) is 0 Å². The number of rotatable bonds is 4. The maximum absolute atomic E-state index is 5.84. The molecule has 0 unspecified atom stereocenters. The monoisotopic (exact) mass is 308 g/mol. The van der Waals surface area contributed by atoms with Gasteiger partial charge in [0.1, 0.15) is 0 Å². The fraction of sp³-hybridized carbons (Fsp3) is 0.0769. The third kappa shape index (κ3) is 3.18. The van der Waals surface area contributed by atoms with E-state index in [0.29, 0.717) is 17.5 Å². The number of nitrogens with zero attached hydrogens (tertiary/aromatic N) is 2. The average Bonchev–Trinajstić information content (AvgIpc) is 3.09. The molecule has 0 spiro atoms. The van der Waals surface area contributed by atoms with Gasteiger partial charge in [-0.1, -0.05) is 16.8 Å². The van der Waals surface area contributed by atoms with Gasteiger partial charge in [-0.05, 0) is 35.7 Å². The Kier molecular flexibility index (Phi) is 3.87. The average molecular weight is 309 g/mol. The normalized spacial score (nSPS) is 10.8. The third-order valence-electron chi connectivity index (χ3n) is 2.42. The van der Waals surface area contributed by atoms with E-state index in [9.17, 15) is 0 Å². The van der Waals surface area contributed by atoms with Crippen LogP contribution in [0.25, 0.3) is 11.4 Å². The second-order valence-corrected chi connectivity index (χ2v) is 6.03. The molecule has 3 nitrogen and oxygen atoms in total. The summed E-state index contributed by atoms with van der Waals surface area (Å²) in [6, 6.07) is 9.67. The molecule has 3 rings (SSSR count). The summed E-state index contributed by atoms with van der Waals surface area (Å²) >= 11 is 9.10. The molecule has 96 valence electrons. The predicted octanol–water partition coefficient (Wildman–Crippen LogP) is 4.74. The highest BCUT2D eigenvalue weighted by Gasteiger charge is 2.09. The van der Waals surface area contributed by atoms with Crippen LogP contribution in [0.4, 0.5) is 0 Å². The Morgan fingerprint density at radius 1 is 1.21 bits per heavy atom. The Labute approximate surface area is 123 Å². The predicted molar refractivity (Wildman–Crippen MR) is 78.6 cm³/mol. The van der Waals surface area contributed by atoms with Crippen molar-refractivity contribution in [2.75, 3.05) is 0 Å². The van der Waals surface area contributed by atoms with Gasteiger partial charge in [-0.3, -0.25) is 0 Å². The van der Waals surface area contributed by atoms with E-state index in [1.807, 2.05) is 41.1 Å². The van der Waals surface area contributed by atoms with Crippen LogP contribution < -0.4 is 0 Å². The van der Waals surface area contributed by atoms with Crippen molar-refractivity contribution in [1.82, 2.24) is 10.1 Å². The zero-order valence-electron chi connectivity index (χ0n) is 9.75. The molecule has 0 amide bonds. The molecule has 19 heavy (non-hydrogen) atoms. The van der Waals surface area contributed by atoms with Gasteiger partial charge in [-0.15, -0.1) is 11.8 Å². The second kappa shape index (κ2) is 5.77. The Morgan fingerprint density at radius 2 is 2.05 bits per heavy atom. The van der Waals surface area contributed by atoms with Crippen LogP contribution in [0.3, 0.4) is 0 Å². The first-order chi connectivity index (χ1) is 9.31. The molecule has 0 radical (unpaired) electrons. The minimum atomic E-state index is 0.626. The summed E-state index contributed by atoms with van der Waals surface area (Å²) in [5.41, 5.74) is 0.997. The van der Waals surface area contributed by atoms with Crippen LogP contribution in [0.1, 0.15) is 5.89 Å². The van der Waals surface area contributed by atoms with Gasteiger partial charge in [0.15, 0.2) is 0 Å². The van der Waals surface area contributed by atoms with E-state index in [0.717, 1.165) is 15.5 Å². The Hall–Kier alpha value is -1.30. The number of hydrogen-bond donors (Lipinski definition) is 0. The molecule has 0 saturated carbocycles. The van der Waals surface area contributed by atoms with Crippen molar-refractivity contribution < 1.29 is 4.52 Å². The van der Waals surface area contributed by atoms with Crippen molar-refractivity contribution in [2.24, 2.45) is 0 Å². The molecule has 1 aromatic carbocycles. The number of benzene rings is 1. The Bertz CT molecular complexity index is 650. The molecular weight excluding hydrogens is 300 g/mol. The first-order valence-electron chi connectivity index (χ1n) is 5.55. The van der Waals surface area contributed by atoms with E-state index in [4.69, 9.17) is 16.1 Å². The summed E-state index contributed by atoms with van der Waals surface area (Å²) < 4.78 is 5.23. The summed E-state index contributed by atoms with van der Waals surface area (Å²) in [7, 11) is 0. The fourth-order valence-electron chi connectivity index (χ4n) is 1.50. The van der Waals surface area contributed by atoms with Gasteiger partial charge < -0.3 is 4.52 Å². The van der Waals surface area contributed by atoms with Crippen LogP contribution in [-0.2, 0) is 5.75 Å². The first kappa shape index (κ1) is 12.7. The van der Waals surface area contributed by atoms with Crippen molar-refractivity contribution in [3.63, 3.8) is 0 Å². The molecule has 0 aliphatic rings. The lowest BCUT2D eigenvalue weighted by atomic mass is 10.3. The highest BCUT2D eigenvalue weighted by Crippen LogP contribution is 2.25. The lowest BCUT2D eigenvalue weighted by Gasteiger charge is -1.97. The van der Waals surface area contributed by atoms with E-state index in [2.05, 4.69) is 10.1 Å². The molecule has 0 aliphatic heterocycles. The van der Waals surface area contributed by atoms with Crippen molar-refractivity contribution in [1.29, 1.82) is 0 Å². The SMILES string of the molecule is Clc1ccc(SCc2nc(-c3ccsc3)no2)cc1. The summed E-state index contributed by atoms with van der Waals surface area (Å²) in [5.74, 6) is 1.92. The maximum Gasteiger partial charge on any atom is 0.237 e. The molecule has 0 bridgehead atoms. The van der Waals surface area contributed by atoms with Gasteiger partial charge in [0.05, 0.1) is 5.75 Å². The van der Waals surface area contributed by atoms with E-state index in [-0.39, 0.29) is 0 Å². The summed E-state index contributed by atoms with van der Waals surface area (Å²) in [6.07, 6.45) is 0. The topological polar surface area (TPSA) is 38.9 Å². The van der Waals surface area contributed by atoms with E-state index < -0.39 is 0 Å². The molecule has 0 fully saturated rings. The molecule has 3 aromatic rings. The summed E-state index contributed by atoms with van der Waals surface area (Å²) in [5, 5.41) is 8.70. The highest BCUT2D eigenvalue weighted by molar-refractivity contribution is 7.98. The lowest BCUT2D eigenvalue weighted by Crippen LogP contribution is -1.81. The zero-order valence-corrected chi connectivity index (χ0v) is 12.1. The van der Waals surface area contributed by atoms with Gasteiger partial charge in [0.2, 0.25) is 11.7 Å². The zero-order chi connectivity index (χ0) is 13.1. The summed E-state index contributed by atoms with van der Waals surface area (Å²) in [6.45, 7) is 0. The van der Waals surface area contributed by atoms with Crippen LogP contribution in [-0.4, -0.2) is 10.1 Å². The number of hydrogen-bond acceptors (Lipinski definition) is 5. The lowest BCUT2D eigenvalue weighted by molar-refractivity contribution is 0.391. The molecule has 0 aliphatic carbocycles. The van der Waals surface area contributed by atoms with Crippen LogP contribution in [0.2, 0.25) is 5.02 Å². The van der Waals surface area contributed by atoms with Crippen LogP contribution >= 0.6 is 34.7 Å². The second-order valence-electron chi connectivity index (χ2n) is 3.77. The number of aromatic nitrogens is 2. The maximum atomic E-state index is 5.84. The smallest absolute Gasteiger partial charge is 0.237 e. The molecular formula is C13H9ClN2OS2. The fourth-order valence-corrected chi connectivity index (χ4v) is 2.99. The van der Waals surface area contributed by atoms with Crippen molar-refractivity contribution in [3.05, 3.63) is 52.0 Å². The molecule has 0 saturated heterocycles. The molecule has 0 N–H and O–H groups in total. The Balaban J connectivity index is 1.66. The van der Waals surface area contributed by atoms with E-state index >= 15 is 0 Å². The largest absolute Gasteiger partial charge is 0.338 e.